The summed E-state index contributed by atoms with van der Waals surface area (Å²) in [7, 11) is -0.0201. The highest BCUT2D eigenvalue weighted by Crippen LogP contribution is 2.25. The van der Waals surface area contributed by atoms with Crippen LogP contribution in [0.3, 0.4) is 0 Å². The number of ketones is 1. The molecule has 0 spiro atoms. The first kappa shape index (κ1) is 12.7. The van der Waals surface area contributed by atoms with Gasteiger partial charge in [0, 0.05) is 36.9 Å². The summed E-state index contributed by atoms with van der Waals surface area (Å²) < 4.78 is 11.5. The molecule has 1 aliphatic rings. The average Bonchev–Trinajstić information content (AvgIpc) is 2.43. The van der Waals surface area contributed by atoms with Gasteiger partial charge in [-0.2, -0.15) is 0 Å². The van der Waals surface area contributed by atoms with Gasteiger partial charge in [-0.25, -0.2) is 0 Å². The lowest BCUT2D eigenvalue weighted by atomic mass is 9.91. The molecule has 1 fully saturated rings. The number of likely N-dealkylation sites (tertiary alicyclic amines) is 1. The fourth-order valence-corrected chi connectivity index (χ4v) is 2.92. The maximum atomic E-state index is 11.9. The van der Waals surface area contributed by atoms with Gasteiger partial charge >= 0.3 is 0 Å². The first-order valence-electron chi connectivity index (χ1n) is 5.35. The molecule has 1 unspecified atom stereocenters. The van der Waals surface area contributed by atoms with Gasteiger partial charge in [-0.15, -0.1) is 0 Å². The van der Waals surface area contributed by atoms with Gasteiger partial charge in [0.15, 0.2) is 5.78 Å². The third-order valence-electron chi connectivity index (χ3n) is 2.91. The van der Waals surface area contributed by atoms with E-state index < -0.39 is 9.52 Å². The van der Waals surface area contributed by atoms with Gasteiger partial charge in [-0.3, -0.25) is 9.00 Å². The Labute approximate surface area is 92.9 Å². The zero-order valence-corrected chi connectivity index (χ0v) is 10.8. The van der Waals surface area contributed by atoms with Gasteiger partial charge in [0.1, 0.15) is 0 Å². The van der Waals surface area contributed by atoms with Crippen LogP contribution < -0.4 is 0 Å². The highest BCUT2D eigenvalue weighted by atomic mass is 32.2. The summed E-state index contributed by atoms with van der Waals surface area (Å²) in [5.41, 5.74) is 0. The Bertz CT molecular complexity index is 348. The minimum atomic E-state index is -2.05. The standard InChI is InChI=1S/C11H21NO2S/c1-5-9-6-12(2)7-10(9)11(13)8-15(3,4)14/h8-10H,5-7H2,1-4H3/t9-,10?/m1/s1. The van der Waals surface area contributed by atoms with Crippen molar-refractivity contribution in [3.63, 3.8) is 0 Å². The smallest absolute Gasteiger partial charge is 0.168 e. The molecule has 1 rings (SSSR count). The Morgan fingerprint density at radius 2 is 2.07 bits per heavy atom. The van der Waals surface area contributed by atoms with Gasteiger partial charge in [-0.1, -0.05) is 13.3 Å². The zero-order valence-electron chi connectivity index (χ0n) is 10.0. The van der Waals surface area contributed by atoms with Crippen molar-refractivity contribution in [1.29, 1.82) is 0 Å². The highest BCUT2D eigenvalue weighted by Gasteiger charge is 2.33. The zero-order chi connectivity index (χ0) is 11.6. The Balaban J connectivity index is 2.80. The molecule has 0 aromatic heterocycles. The molecule has 0 aliphatic carbocycles. The first-order valence-corrected chi connectivity index (χ1v) is 7.78. The molecule has 0 saturated carbocycles. The van der Waals surface area contributed by atoms with Gasteiger partial charge in [0.25, 0.3) is 0 Å². The lowest BCUT2D eigenvalue weighted by molar-refractivity contribution is -0.116. The van der Waals surface area contributed by atoms with Crippen LogP contribution in [0.2, 0.25) is 0 Å². The van der Waals surface area contributed by atoms with E-state index in [0.717, 1.165) is 19.5 Å². The number of rotatable bonds is 3. The summed E-state index contributed by atoms with van der Waals surface area (Å²) in [5, 5.41) is 1.43. The Kier molecular flexibility index (Phi) is 3.95. The van der Waals surface area contributed by atoms with Crippen LogP contribution in [-0.2, 0) is 14.3 Å². The minimum Gasteiger partial charge on any atom is -0.305 e. The summed E-state index contributed by atoms with van der Waals surface area (Å²) in [5.74, 6) is 0.558. The molecule has 2 atom stereocenters. The SMILES string of the molecule is CC[C@@H]1CN(C)CC1C(=O)C=S(C)(C)=O. The van der Waals surface area contributed by atoms with E-state index in [1.54, 1.807) is 12.5 Å². The Morgan fingerprint density at radius 1 is 1.47 bits per heavy atom. The van der Waals surface area contributed by atoms with E-state index in [9.17, 15) is 9.00 Å². The molecule has 4 heteroatoms. The summed E-state index contributed by atoms with van der Waals surface area (Å²) in [4.78, 5) is 14.1. The second kappa shape index (κ2) is 4.66. The topological polar surface area (TPSA) is 37.4 Å². The van der Waals surface area contributed by atoms with Crippen molar-refractivity contribution in [2.24, 2.45) is 11.8 Å². The van der Waals surface area contributed by atoms with E-state index in [-0.39, 0.29) is 11.7 Å². The second-order valence-corrected chi connectivity index (χ2v) is 7.68. The third-order valence-corrected chi connectivity index (χ3v) is 3.71. The maximum Gasteiger partial charge on any atom is 0.168 e. The highest BCUT2D eigenvalue weighted by molar-refractivity contribution is 8.01. The molecule has 0 amide bonds. The van der Waals surface area contributed by atoms with E-state index in [0.29, 0.717) is 5.92 Å². The lowest BCUT2D eigenvalue weighted by Crippen LogP contribution is -2.25. The van der Waals surface area contributed by atoms with Crippen LogP contribution in [0, 0.1) is 11.8 Å². The summed E-state index contributed by atoms with van der Waals surface area (Å²) in [6.07, 6.45) is 4.25. The molecule has 1 heterocycles. The molecule has 0 bridgehead atoms. The lowest BCUT2D eigenvalue weighted by Gasteiger charge is -2.13. The molecule has 3 nitrogen and oxygen atoms in total. The number of Topliss-reactive ketones (excluding diaryl/α,β-unsaturated/α-hetero) is 1. The van der Waals surface area contributed by atoms with Crippen molar-refractivity contribution >= 4 is 20.7 Å². The maximum absolute atomic E-state index is 11.9. The molecule has 1 saturated heterocycles. The molecule has 1 aliphatic heterocycles. The van der Waals surface area contributed by atoms with Gasteiger partial charge in [0.2, 0.25) is 0 Å². The van der Waals surface area contributed by atoms with Crippen LogP contribution in [0.5, 0.6) is 0 Å². The Morgan fingerprint density at radius 3 is 2.53 bits per heavy atom. The van der Waals surface area contributed by atoms with Crippen molar-refractivity contribution in [2.75, 3.05) is 32.6 Å². The normalized spacial score (nSPS) is 28.0. The minimum absolute atomic E-state index is 0.0562. The van der Waals surface area contributed by atoms with E-state index in [4.69, 9.17) is 0 Å². The van der Waals surface area contributed by atoms with Crippen molar-refractivity contribution in [3.05, 3.63) is 0 Å². The fraction of sp³-hybridized carbons (Fsp3) is 0.818. The number of hydrogen-bond donors (Lipinski definition) is 0. The quantitative estimate of drug-likeness (QED) is 0.663. The predicted molar refractivity (Wildman–Crippen MR) is 65.8 cm³/mol. The van der Waals surface area contributed by atoms with Crippen LogP contribution in [0.15, 0.2) is 0 Å². The van der Waals surface area contributed by atoms with Gasteiger partial charge in [-0.05, 0) is 22.5 Å². The van der Waals surface area contributed by atoms with Crippen molar-refractivity contribution < 1.29 is 9.00 Å². The summed E-state index contributed by atoms with van der Waals surface area (Å²) >= 11 is 0. The fourth-order valence-electron chi connectivity index (χ4n) is 2.19. The third kappa shape index (κ3) is 3.61. The largest absolute Gasteiger partial charge is 0.305 e. The first-order chi connectivity index (χ1) is 6.83. The molecular weight excluding hydrogens is 210 g/mol. The molecule has 0 radical (unpaired) electrons. The van der Waals surface area contributed by atoms with Crippen LogP contribution in [-0.4, -0.2) is 52.9 Å². The van der Waals surface area contributed by atoms with Crippen molar-refractivity contribution in [1.82, 2.24) is 4.90 Å². The van der Waals surface area contributed by atoms with E-state index in [2.05, 4.69) is 11.8 Å². The molecule has 15 heavy (non-hydrogen) atoms. The predicted octanol–water partition coefficient (Wildman–Crippen LogP) is 0.490. The van der Waals surface area contributed by atoms with Gasteiger partial charge in [0.05, 0.1) is 0 Å². The monoisotopic (exact) mass is 231 g/mol. The van der Waals surface area contributed by atoms with Gasteiger partial charge < -0.3 is 4.90 Å². The number of nitrogens with zero attached hydrogens (tertiary/aromatic N) is 1. The number of carbonyl (C=O) groups excluding carboxylic acids is 1. The molecule has 0 N–H and O–H groups in total. The molecule has 88 valence electrons. The van der Waals surface area contributed by atoms with E-state index in [1.165, 1.54) is 5.37 Å². The van der Waals surface area contributed by atoms with Crippen LogP contribution in [0.4, 0.5) is 0 Å². The van der Waals surface area contributed by atoms with Crippen molar-refractivity contribution in [2.45, 2.75) is 13.3 Å². The van der Waals surface area contributed by atoms with Crippen LogP contribution in [0.1, 0.15) is 13.3 Å². The Hall–Kier alpha value is -0.350. The van der Waals surface area contributed by atoms with E-state index >= 15 is 0 Å². The number of hydrogen-bond acceptors (Lipinski definition) is 3. The number of carbonyl (C=O) groups is 1. The summed E-state index contributed by atoms with van der Waals surface area (Å²) in [6, 6.07) is 0. The van der Waals surface area contributed by atoms with Crippen LogP contribution in [0.25, 0.3) is 0 Å². The average molecular weight is 231 g/mol. The molecule has 0 aromatic rings. The molecular formula is C11H21NO2S. The second-order valence-electron chi connectivity index (χ2n) is 4.83. The molecule has 0 aromatic carbocycles. The van der Waals surface area contributed by atoms with Crippen molar-refractivity contribution in [3.8, 4) is 0 Å². The summed E-state index contributed by atoms with van der Waals surface area (Å²) in [6.45, 7) is 3.90. The van der Waals surface area contributed by atoms with Crippen LogP contribution >= 0.6 is 0 Å². The van der Waals surface area contributed by atoms with E-state index in [1.807, 2.05) is 7.05 Å².